The number of benzene rings is 2. The zero-order valence-corrected chi connectivity index (χ0v) is 24.3. The number of thiophene rings is 1. The second-order valence-electron chi connectivity index (χ2n) is 10.4. The minimum Gasteiger partial charge on any atom is -0.482 e. The van der Waals surface area contributed by atoms with E-state index in [0.29, 0.717) is 39.8 Å². The van der Waals surface area contributed by atoms with Gasteiger partial charge in [-0.05, 0) is 67.3 Å². The van der Waals surface area contributed by atoms with Crippen molar-refractivity contribution < 1.29 is 14.3 Å². The van der Waals surface area contributed by atoms with Gasteiger partial charge in [-0.1, -0.05) is 56.3 Å². The lowest BCUT2D eigenvalue weighted by Crippen LogP contribution is -2.54. The van der Waals surface area contributed by atoms with Gasteiger partial charge >= 0.3 is 0 Å². The zero-order valence-electron chi connectivity index (χ0n) is 23.5. The molecule has 7 nitrogen and oxygen atoms in total. The number of amides is 1. The van der Waals surface area contributed by atoms with Gasteiger partial charge in [0.15, 0.2) is 17.4 Å². The summed E-state index contributed by atoms with van der Waals surface area (Å²) < 4.78 is 7.55. The second kappa shape index (κ2) is 10.8. The Bertz CT molecular complexity index is 1540. The molecule has 3 aromatic rings. The zero-order chi connectivity index (χ0) is 28.6. The van der Waals surface area contributed by atoms with Crippen molar-refractivity contribution in [3.05, 3.63) is 91.4 Å². The number of fused-ring (bicyclic) bond motifs is 4. The highest BCUT2D eigenvalue weighted by Crippen LogP contribution is 2.53. The van der Waals surface area contributed by atoms with Crippen molar-refractivity contribution in [2.24, 2.45) is 10.9 Å². The predicted molar refractivity (Wildman–Crippen MR) is 157 cm³/mol. The maximum atomic E-state index is 14.2. The lowest BCUT2D eigenvalue weighted by Gasteiger charge is -2.27. The molecule has 5 rings (SSSR count). The molecule has 2 atom stereocenters. The van der Waals surface area contributed by atoms with Crippen molar-refractivity contribution in [2.45, 2.75) is 65.5 Å². The molecule has 2 aromatic carbocycles. The smallest absolute Gasteiger partial charge is 0.262 e. The summed E-state index contributed by atoms with van der Waals surface area (Å²) in [6.07, 6.45) is 2.04. The maximum absolute atomic E-state index is 14.2. The van der Waals surface area contributed by atoms with Gasteiger partial charge in [-0.25, -0.2) is 0 Å². The first-order valence-corrected chi connectivity index (χ1v) is 13.9. The van der Waals surface area contributed by atoms with Crippen LogP contribution in [0.15, 0.2) is 64.5 Å². The topological polar surface area (TPSA) is 111 Å². The fraction of sp³-hybridized carbons (Fsp3) is 0.355. The number of rotatable bonds is 4. The van der Waals surface area contributed by atoms with Gasteiger partial charge in [-0.3, -0.25) is 9.59 Å². The van der Waals surface area contributed by atoms with Gasteiger partial charge in [0, 0.05) is 27.1 Å². The van der Waals surface area contributed by atoms with Crippen LogP contribution in [0.4, 0.5) is 0 Å². The molecule has 1 fully saturated rings. The first-order chi connectivity index (χ1) is 18.5. The van der Waals surface area contributed by atoms with Gasteiger partial charge in [-0.15, -0.1) is 11.3 Å². The minimum absolute atomic E-state index is 0.216. The number of allylic oxidation sites excluding steroid dienone is 2. The summed E-state index contributed by atoms with van der Waals surface area (Å²) in [6, 6.07) is 12.1. The highest BCUT2D eigenvalue weighted by molar-refractivity contribution is 7.21. The molecule has 0 radical (unpaired) electrons. The molecule has 1 aliphatic heterocycles. The van der Waals surface area contributed by atoms with Gasteiger partial charge in [-0.2, -0.15) is 4.91 Å². The second-order valence-corrected chi connectivity index (χ2v) is 11.4. The largest absolute Gasteiger partial charge is 0.482 e. The summed E-state index contributed by atoms with van der Waals surface area (Å²) in [7, 11) is 1.19. The van der Waals surface area contributed by atoms with Crippen LogP contribution in [0, 0.1) is 18.8 Å². The van der Waals surface area contributed by atoms with Crippen LogP contribution in [-0.4, -0.2) is 24.8 Å². The molecule has 1 aliphatic carbocycles. The number of nitrogens with two attached hydrogens (primary N) is 1. The van der Waals surface area contributed by atoms with Crippen molar-refractivity contribution in [1.29, 1.82) is 0 Å². The Balaban J connectivity index is 0.00000112. The highest BCUT2D eigenvalue weighted by Gasteiger charge is 2.64. The SMILES string of the molecule is CC/C=C1\C(=C(/C)N)C(=O)C2(NC(=O)c3sc4cc(C)ccc4c3C)c3ccc(C(C)C)cc3OC12.CN=O. The van der Waals surface area contributed by atoms with Gasteiger partial charge in [0.1, 0.15) is 5.75 Å². The van der Waals surface area contributed by atoms with Gasteiger partial charge in [0.25, 0.3) is 5.91 Å². The van der Waals surface area contributed by atoms with Gasteiger partial charge in [0.05, 0.1) is 11.9 Å². The number of ketones is 1. The van der Waals surface area contributed by atoms with E-state index in [4.69, 9.17) is 15.4 Å². The summed E-state index contributed by atoms with van der Waals surface area (Å²) in [4.78, 5) is 37.3. The Labute approximate surface area is 233 Å². The van der Waals surface area contributed by atoms with Crippen molar-refractivity contribution in [1.82, 2.24) is 5.32 Å². The van der Waals surface area contributed by atoms with Crippen molar-refractivity contribution in [3.63, 3.8) is 0 Å². The Hall–Kier alpha value is -3.78. The number of carbonyl (C=O) groups excluding carboxylic acids is 2. The number of hydrogen-bond acceptors (Lipinski definition) is 7. The van der Waals surface area contributed by atoms with Crippen molar-refractivity contribution in [2.75, 3.05) is 7.05 Å². The molecule has 0 bridgehead atoms. The number of nitrogens with zero attached hydrogens (tertiary/aromatic N) is 1. The van der Waals surface area contributed by atoms with E-state index in [0.717, 1.165) is 32.3 Å². The van der Waals surface area contributed by atoms with E-state index in [1.165, 1.54) is 18.4 Å². The van der Waals surface area contributed by atoms with Crippen LogP contribution in [0.2, 0.25) is 0 Å². The van der Waals surface area contributed by atoms with Crippen LogP contribution in [0.25, 0.3) is 10.1 Å². The van der Waals surface area contributed by atoms with Crippen LogP contribution in [-0.2, 0) is 10.3 Å². The average Bonchev–Trinajstić information content (AvgIpc) is 3.45. The maximum Gasteiger partial charge on any atom is 0.262 e. The highest BCUT2D eigenvalue weighted by atomic mass is 32.1. The summed E-state index contributed by atoms with van der Waals surface area (Å²) in [5.41, 5.74) is 10.3. The third kappa shape index (κ3) is 4.56. The molecule has 39 heavy (non-hydrogen) atoms. The molecule has 0 spiro atoms. The number of nitrogens with one attached hydrogen (secondary N) is 1. The van der Waals surface area contributed by atoms with E-state index in [9.17, 15) is 9.59 Å². The summed E-state index contributed by atoms with van der Waals surface area (Å²) in [6.45, 7) is 12.0. The number of nitroso groups, excluding NO2 is 1. The molecular weight excluding hydrogens is 510 g/mol. The minimum atomic E-state index is -1.36. The molecule has 1 amide bonds. The number of aryl methyl sites for hydroxylation is 2. The van der Waals surface area contributed by atoms with Gasteiger partial charge < -0.3 is 15.8 Å². The van der Waals surface area contributed by atoms with Crippen LogP contribution in [0.3, 0.4) is 0 Å². The van der Waals surface area contributed by atoms with Crippen LogP contribution < -0.4 is 15.8 Å². The van der Waals surface area contributed by atoms with Crippen LogP contribution in [0.1, 0.15) is 72.0 Å². The summed E-state index contributed by atoms with van der Waals surface area (Å²) >= 11 is 1.45. The van der Waals surface area contributed by atoms with E-state index in [-0.39, 0.29) is 11.7 Å². The van der Waals surface area contributed by atoms with Crippen molar-refractivity contribution >= 4 is 33.1 Å². The Morgan fingerprint density at radius 2 is 1.92 bits per heavy atom. The van der Waals surface area contributed by atoms with E-state index < -0.39 is 11.6 Å². The Kier molecular flexibility index (Phi) is 7.80. The molecule has 2 aliphatic rings. The van der Waals surface area contributed by atoms with Crippen LogP contribution >= 0.6 is 11.3 Å². The molecule has 2 unspecified atom stereocenters. The Morgan fingerprint density at radius 1 is 1.23 bits per heavy atom. The van der Waals surface area contributed by atoms with E-state index >= 15 is 0 Å². The van der Waals surface area contributed by atoms with E-state index in [1.54, 1.807) is 6.92 Å². The molecule has 1 saturated carbocycles. The fourth-order valence-corrected chi connectivity index (χ4v) is 6.69. The van der Waals surface area contributed by atoms with E-state index in [2.05, 4.69) is 42.5 Å². The van der Waals surface area contributed by atoms with Gasteiger partial charge in [0.2, 0.25) is 0 Å². The number of hydrogen-bond donors (Lipinski definition) is 2. The predicted octanol–water partition coefficient (Wildman–Crippen LogP) is 6.56. The first-order valence-electron chi connectivity index (χ1n) is 13.1. The number of ether oxygens (including phenoxy) is 1. The molecule has 2 heterocycles. The van der Waals surface area contributed by atoms with Crippen LogP contribution in [0.5, 0.6) is 5.75 Å². The average molecular weight is 546 g/mol. The molecule has 1 aromatic heterocycles. The molecule has 0 saturated heterocycles. The quantitative estimate of drug-likeness (QED) is 0.285. The monoisotopic (exact) mass is 545 g/mol. The summed E-state index contributed by atoms with van der Waals surface area (Å²) in [5, 5.41) is 6.48. The molecule has 8 heteroatoms. The Morgan fingerprint density at radius 3 is 2.54 bits per heavy atom. The van der Waals surface area contributed by atoms with E-state index in [1.807, 2.05) is 45.0 Å². The fourth-order valence-electron chi connectivity index (χ4n) is 5.49. The lowest BCUT2D eigenvalue weighted by atomic mass is 9.84. The normalized spacial score (nSPS) is 21.8. The number of Topliss-reactive ketones (excluding diaryl/α,β-unsaturated/α-hetero) is 1. The third-order valence-electron chi connectivity index (χ3n) is 7.32. The molecule has 204 valence electrons. The third-order valence-corrected chi connectivity index (χ3v) is 8.57. The lowest BCUT2D eigenvalue weighted by molar-refractivity contribution is -0.121. The molecular formula is C31H35N3O4S. The number of carbonyl (C=O) groups is 2. The molecule has 3 N–H and O–H groups in total. The first kappa shape index (κ1) is 28.2. The summed E-state index contributed by atoms with van der Waals surface area (Å²) in [5.74, 6) is 0.448. The van der Waals surface area contributed by atoms with Crippen molar-refractivity contribution in [3.8, 4) is 5.75 Å². The standard InChI is InChI=1S/C30H32N2O3S.CH3NO/c1-7-8-21-25(18(6)31)27(33)30(22-12-10-19(15(2)3)14-23(22)35-28(21)30)32-29(34)26-17(5)20-11-9-16(4)13-24(20)36-26;1-2-3/h8-15,28H,7,31H2,1-6H3,(H,32,34);1H3/b21-8+,25-18-;.